The number of nitrogens with one attached hydrogen (secondary N) is 1. The third kappa shape index (κ3) is 5.29. The zero-order valence-corrected chi connectivity index (χ0v) is 17.7. The Bertz CT molecular complexity index is 1200. The fourth-order valence-electron chi connectivity index (χ4n) is 3.22. The van der Waals surface area contributed by atoms with Crippen LogP contribution in [0, 0.1) is 6.92 Å². The normalized spacial score (nSPS) is 10.5. The van der Waals surface area contributed by atoms with Gasteiger partial charge in [0.05, 0.1) is 12.7 Å². The van der Waals surface area contributed by atoms with Crippen molar-refractivity contribution in [3.05, 3.63) is 113 Å². The molecule has 0 fully saturated rings. The average Bonchev–Trinajstić information content (AvgIpc) is 3.26. The maximum Gasteiger partial charge on any atom is 0.263 e. The van der Waals surface area contributed by atoms with Crippen molar-refractivity contribution >= 4 is 17.5 Å². The summed E-state index contributed by atoms with van der Waals surface area (Å²) < 4.78 is 7.30. The standard InChI is InChI=1S/C26H23N3O3/c1-19-7-9-20(10-8-19)17-29-24(15-16-27-29)28-25(30)18-32-23-13-11-22(12-14-23)26(31)21-5-3-2-4-6-21/h2-16H,17-18H2,1H3,(H,28,30). The highest BCUT2D eigenvalue weighted by Gasteiger charge is 2.11. The number of aromatic nitrogens is 2. The van der Waals surface area contributed by atoms with E-state index in [9.17, 15) is 9.59 Å². The summed E-state index contributed by atoms with van der Waals surface area (Å²) in [5.74, 6) is 0.762. The van der Waals surface area contributed by atoms with Gasteiger partial charge < -0.3 is 10.1 Å². The zero-order valence-electron chi connectivity index (χ0n) is 17.7. The second-order valence-electron chi connectivity index (χ2n) is 7.42. The van der Waals surface area contributed by atoms with Gasteiger partial charge in [0.1, 0.15) is 11.6 Å². The van der Waals surface area contributed by atoms with E-state index in [1.807, 2.05) is 49.4 Å². The van der Waals surface area contributed by atoms with Gasteiger partial charge in [-0.2, -0.15) is 5.10 Å². The minimum atomic E-state index is -0.292. The van der Waals surface area contributed by atoms with Gasteiger partial charge in [-0.3, -0.25) is 9.59 Å². The molecule has 0 spiro atoms. The Morgan fingerprint density at radius 3 is 2.28 bits per heavy atom. The molecule has 1 aromatic heterocycles. The van der Waals surface area contributed by atoms with Crippen LogP contribution in [0.3, 0.4) is 0 Å². The molecule has 0 radical (unpaired) electrons. The second-order valence-corrected chi connectivity index (χ2v) is 7.42. The molecule has 4 aromatic rings. The number of anilines is 1. The third-order valence-electron chi connectivity index (χ3n) is 4.96. The van der Waals surface area contributed by atoms with E-state index in [0.717, 1.165) is 5.56 Å². The summed E-state index contributed by atoms with van der Waals surface area (Å²) in [4.78, 5) is 24.8. The molecule has 4 rings (SSSR count). The summed E-state index contributed by atoms with van der Waals surface area (Å²) in [6.07, 6.45) is 1.65. The van der Waals surface area contributed by atoms with Crippen molar-refractivity contribution in [3.8, 4) is 5.75 Å². The molecule has 0 aliphatic rings. The molecule has 0 bridgehead atoms. The molecule has 6 heteroatoms. The minimum Gasteiger partial charge on any atom is -0.484 e. The minimum absolute atomic E-state index is 0.0586. The maximum absolute atomic E-state index is 12.5. The molecule has 0 atom stereocenters. The van der Waals surface area contributed by atoms with Crippen molar-refractivity contribution < 1.29 is 14.3 Å². The largest absolute Gasteiger partial charge is 0.484 e. The van der Waals surface area contributed by atoms with E-state index in [2.05, 4.69) is 10.4 Å². The van der Waals surface area contributed by atoms with E-state index in [0.29, 0.717) is 29.2 Å². The van der Waals surface area contributed by atoms with Gasteiger partial charge in [-0.1, -0.05) is 60.2 Å². The molecule has 1 amide bonds. The molecule has 0 aliphatic carbocycles. The summed E-state index contributed by atoms with van der Waals surface area (Å²) in [5.41, 5.74) is 3.48. The first-order valence-corrected chi connectivity index (χ1v) is 10.3. The number of ketones is 1. The van der Waals surface area contributed by atoms with E-state index in [1.54, 1.807) is 53.3 Å². The quantitative estimate of drug-likeness (QED) is 0.422. The smallest absolute Gasteiger partial charge is 0.263 e. The van der Waals surface area contributed by atoms with Gasteiger partial charge in [0.25, 0.3) is 5.91 Å². The van der Waals surface area contributed by atoms with Gasteiger partial charge in [0.15, 0.2) is 12.4 Å². The molecule has 0 unspecified atom stereocenters. The number of ether oxygens (including phenoxy) is 1. The van der Waals surface area contributed by atoms with E-state index in [4.69, 9.17) is 4.74 Å². The van der Waals surface area contributed by atoms with Crippen LogP contribution in [0.2, 0.25) is 0 Å². The van der Waals surface area contributed by atoms with Gasteiger partial charge in [-0.05, 0) is 36.8 Å². The van der Waals surface area contributed by atoms with Crippen LogP contribution in [-0.2, 0) is 11.3 Å². The highest BCUT2D eigenvalue weighted by molar-refractivity contribution is 6.09. The Kier molecular flexibility index (Phi) is 6.41. The topological polar surface area (TPSA) is 73.2 Å². The van der Waals surface area contributed by atoms with Crippen molar-refractivity contribution in [2.45, 2.75) is 13.5 Å². The van der Waals surface area contributed by atoms with Crippen molar-refractivity contribution in [2.24, 2.45) is 0 Å². The molecule has 3 aromatic carbocycles. The number of amides is 1. The van der Waals surface area contributed by atoms with Crippen LogP contribution in [0.25, 0.3) is 0 Å². The summed E-state index contributed by atoms with van der Waals surface area (Å²) in [6, 6.07) is 25.8. The van der Waals surface area contributed by atoms with Gasteiger partial charge >= 0.3 is 0 Å². The molecule has 0 saturated heterocycles. The first-order chi connectivity index (χ1) is 15.6. The Labute approximate surface area is 186 Å². The Hall–Kier alpha value is -4.19. The number of rotatable bonds is 8. The van der Waals surface area contributed by atoms with Crippen LogP contribution in [-0.4, -0.2) is 28.1 Å². The lowest BCUT2D eigenvalue weighted by Crippen LogP contribution is -2.22. The van der Waals surface area contributed by atoms with Crippen molar-refractivity contribution in [1.29, 1.82) is 0 Å². The molecule has 32 heavy (non-hydrogen) atoms. The average molecular weight is 425 g/mol. The molecule has 0 aliphatic heterocycles. The van der Waals surface area contributed by atoms with Gasteiger partial charge in [-0.25, -0.2) is 4.68 Å². The molecule has 1 N–H and O–H groups in total. The lowest BCUT2D eigenvalue weighted by atomic mass is 10.0. The first kappa shape index (κ1) is 21.1. The summed E-state index contributed by atoms with van der Waals surface area (Å²) in [5, 5.41) is 7.11. The molecule has 6 nitrogen and oxygen atoms in total. The zero-order chi connectivity index (χ0) is 22.3. The molecular formula is C26H23N3O3. The molecular weight excluding hydrogens is 402 g/mol. The molecule has 1 heterocycles. The fraction of sp³-hybridized carbons (Fsp3) is 0.115. The Balaban J connectivity index is 1.31. The number of carbonyl (C=O) groups is 2. The number of benzene rings is 3. The number of carbonyl (C=O) groups excluding carboxylic acids is 2. The lowest BCUT2D eigenvalue weighted by Gasteiger charge is -2.10. The van der Waals surface area contributed by atoms with Crippen molar-refractivity contribution in [3.63, 3.8) is 0 Å². The molecule has 160 valence electrons. The Morgan fingerprint density at radius 2 is 1.56 bits per heavy atom. The van der Waals surface area contributed by atoms with E-state index < -0.39 is 0 Å². The number of nitrogens with zero attached hydrogens (tertiary/aromatic N) is 2. The molecule has 0 saturated carbocycles. The highest BCUT2D eigenvalue weighted by atomic mass is 16.5. The van der Waals surface area contributed by atoms with Crippen LogP contribution in [0.5, 0.6) is 5.75 Å². The van der Waals surface area contributed by atoms with Crippen LogP contribution in [0.1, 0.15) is 27.0 Å². The number of hydrogen-bond donors (Lipinski definition) is 1. The highest BCUT2D eigenvalue weighted by Crippen LogP contribution is 2.16. The predicted molar refractivity (Wildman–Crippen MR) is 123 cm³/mol. The monoisotopic (exact) mass is 425 g/mol. The van der Waals surface area contributed by atoms with Gasteiger partial charge in [0, 0.05) is 17.2 Å². The number of aryl methyl sites for hydroxylation is 1. The predicted octanol–water partition coefficient (Wildman–Crippen LogP) is 4.49. The SMILES string of the molecule is Cc1ccc(Cn2nccc2NC(=O)COc2ccc(C(=O)c3ccccc3)cc2)cc1. The van der Waals surface area contributed by atoms with Crippen LogP contribution < -0.4 is 10.1 Å². The van der Waals surface area contributed by atoms with Gasteiger partial charge in [0.2, 0.25) is 0 Å². The first-order valence-electron chi connectivity index (χ1n) is 10.3. The summed E-state index contributed by atoms with van der Waals surface area (Å²) >= 11 is 0. The second kappa shape index (κ2) is 9.75. The van der Waals surface area contributed by atoms with Crippen molar-refractivity contribution in [2.75, 3.05) is 11.9 Å². The van der Waals surface area contributed by atoms with Gasteiger partial charge in [-0.15, -0.1) is 0 Å². The lowest BCUT2D eigenvalue weighted by molar-refractivity contribution is -0.118. The van der Waals surface area contributed by atoms with Crippen LogP contribution in [0.4, 0.5) is 5.82 Å². The Morgan fingerprint density at radius 1 is 0.875 bits per heavy atom. The summed E-state index contributed by atoms with van der Waals surface area (Å²) in [6.45, 7) is 2.44. The fourth-order valence-corrected chi connectivity index (χ4v) is 3.22. The van der Waals surface area contributed by atoms with E-state index in [-0.39, 0.29) is 18.3 Å². The number of hydrogen-bond acceptors (Lipinski definition) is 4. The third-order valence-corrected chi connectivity index (χ3v) is 4.96. The summed E-state index contributed by atoms with van der Waals surface area (Å²) in [7, 11) is 0. The van der Waals surface area contributed by atoms with Crippen molar-refractivity contribution in [1.82, 2.24) is 9.78 Å². The van der Waals surface area contributed by atoms with Crippen LogP contribution >= 0.6 is 0 Å². The maximum atomic E-state index is 12.5. The van der Waals surface area contributed by atoms with E-state index >= 15 is 0 Å². The van der Waals surface area contributed by atoms with E-state index in [1.165, 1.54) is 5.56 Å². The van der Waals surface area contributed by atoms with Crippen LogP contribution in [0.15, 0.2) is 91.1 Å².